The van der Waals surface area contributed by atoms with Crippen LogP contribution in [0.5, 0.6) is 0 Å². The zero-order valence-electron chi connectivity index (χ0n) is 16.4. The number of fused-ring (bicyclic) bond motifs is 1. The number of carboxylic acid groups (broad SMARTS) is 1. The van der Waals surface area contributed by atoms with Gasteiger partial charge in [-0.15, -0.1) is 0 Å². The fourth-order valence-corrected chi connectivity index (χ4v) is 3.40. The Labute approximate surface area is 168 Å². The Balaban J connectivity index is 0.000000878. The van der Waals surface area contributed by atoms with Crippen LogP contribution in [0.1, 0.15) is 49.8 Å². The Morgan fingerprint density at radius 3 is 2.32 bits per heavy atom. The number of carboxylic acids is 1. The molecule has 1 atom stereocenters. The van der Waals surface area contributed by atoms with Crippen molar-refractivity contribution in [2.24, 2.45) is 0 Å². The molecule has 5 heteroatoms. The summed E-state index contributed by atoms with van der Waals surface area (Å²) in [6, 6.07) is 12.0. The van der Waals surface area contributed by atoms with Gasteiger partial charge in [0, 0.05) is 28.4 Å². The van der Waals surface area contributed by atoms with E-state index in [4.69, 9.17) is 5.11 Å². The van der Waals surface area contributed by atoms with Crippen LogP contribution in [-0.4, -0.2) is 21.5 Å². The number of hydrogen-bond donors (Lipinski definition) is 1. The van der Waals surface area contributed by atoms with Crippen LogP contribution in [0.4, 0.5) is 4.39 Å². The number of hydrogen-bond acceptors (Lipinski definition) is 2. The maximum absolute atomic E-state index is 13.6. The number of carbonyl (C=O) groups is 1. The van der Waals surface area contributed by atoms with E-state index < -0.39 is 16.8 Å². The van der Waals surface area contributed by atoms with E-state index in [0.717, 1.165) is 32.7 Å². The standard InChI is InChI=1S/C20H17FO3S.C3H8/c1-25(24)17-6-2-13(3-7-17)10-15-11-14(4-9-20(22)23)19-12-16(21)5-8-18(15)19;1-3-2/h2-3,5-8,10-12H,4,9H2,1H3,(H,22,23);3H2,1-2H3/b15-10-;. The van der Waals surface area contributed by atoms with Gasteiger partial charge in [-0.05, 0) is 64.6 Å². The molecule has 28 heavy (non-hydrogen) atoms. The summed E-state index contributed by atoms with van der Waals surface area (Å²) in [7, 11) is -1.02. The molecule has 2 aromatic rings. The summed E-state index contributed by atoms with van der Waals surface area (Å²) in [6.07, 6.45) is 7.13. The van der Waals surface area contributed by atoms with Crippen LogP contribution in [0.3, 0.4) is 0 Å². The van der Waals surface area contributed by atoms with Gasteiger partial charge in [0.2, 0.25) is 0 Å². The monoisotopic (exact) mass is 400 g/mol. The molecule has 0 saturated heterocycles. The number of rotatable bonds is 5. The lowest BCUT2D eigenvalue weighted by Gasteiger charge is -2.05. The van der Waals surface area contributed by atoms with Crippen LogP contribution >= 0.6 is 0 Å². The first-order valence-electron chi connectivity index (χ1n) is 9.23. The number of allylic oxidation sites excluding steroid dienone is 3. The molecule has 2 aromatic carbocycles. The largest absolute Gasteiger partial charge is 0.481 e. The van der Waals surface area contributed by atoms with Gasteiger partial charge in [0.1, 0.15) is 5.82 Å². The highest BCUT2D eigenvalue weighted by Gasteiger charge is 2.19. The molecule has 3 rings (SSSR count). The third-order valence-corrected chi connectivity index (χ3v) is 5.05. The SMILES string of the molecule is CCC.CS(=O)c1ccc(/C=C2/C=C(CCC(=O)O)c3cc(F)ccc32)cc1. The van der Waals surface area contributed by atoms with Crippen LogP contribution in [0, 0.1) is 5.82 Å². The molecule has 0 heterocycles. The predicted molar refractivity (Wildman–Crippen MR) is 114 cm³/mol. The molecule has 0 aliphatic heterocycles. The molecular weight excluding hydrogens is 375 g/mol. The van der Waals surface area contributed by atoms with Gasteiger partial charge in [0.15, 0.2) is 0 Å². The maximum Gasteiger partial charge on any atom is 0.303 e. The van der Waals surface area contributed by atoms with E-state index in [-0.39, 0.29) is 12.2 Å². The Hall–Kier alpha value is -2.53. The summed E-state index contributed by atoms with van der Waals surface area (Å²) in [5.74, 6) is -1.21. The van der Waals surface area contributed by atoms with Crippen molar-refractivity contribution in [2.75, 3.05) is 6.26 Å². The van der Waals surface area contributed by atoms with Crippen LogP contribution < -0.4 is 0 Å². The molecule has 148 valence electrons. The molecule has 1 N–H and O–H groups in total. The van der Waals surface area contributed by atoms with Crippen LogP contribution in [0.15, 0.2) is 53.4 Å². The molecule has 0 radical (unpaired) electrons. The highest BCUT2D eigenvalue weighted by atomic mass is 32.2. The van der Waals surface area contributed by atoms with Crippen LogP contribution in [-0.2, 0) is 15.6 Å². The average Bonchev–Trinajstić information content (AvgIpc) is 2.98. The van der Waals surface area contributed by atoms with Gasteiger partial charge in [-0.2, -0.15) is 0 Å². The second kappa shape index (κ2) is 10.1. The molecular formula is C23H25FO3S. The summed E-state index contributed by atoms with van der Waals surface area (Å²) in [5.41, 5.74) is 4.33. The zero-order chi connectivity index (χ0) is 20.7. The molecule has 0 aromatic heterocycles. The van der Waals surface area contributed by atoms with E-state index in [1.165, 1.54) is 18.6 Å². The second-order valence-electron chi connectivity index (χ2n) is 6.58. The van der Waals surface area contributed by atoms with Crippen molar-refractivity contribution in [3.05, 3.63) is 71.0 Å². The first kappa shape index (κ1) is 21.8. The summed E-state index contributed by atoms with van der Waals surface area (Å²) in [6.45, 7) is 4.25. The van der Waals surface area contributed by atoms with Crippen molar-refractivity contribution in [1.82, 2.24) is 0 Å². The van der Waals surface area contributed by atoms with E-state index >= 15 is 0 Å². The van der Waals surface area contributed by atoms with E-state index in [1.54, 1.807) is 12.3 Å². The third kappa shape index (κ3) is 5.73. The summed E-state index contributed by atoms with van der Waals surface area (Å²) in [4.78, 5) is 11.6. The fraction of sp³-hybridized carbons (Fsp3) is 0.261. The molecule has 0 spiro atoms. The molecule has 0 fully saturated rings. The molecule has 1 aliphatic rings. The van der Waals surface area contributed by atoms with E-state index in [1.807, 2.05) is 36.4 Å². The number of halogens is 1. The van der Waals surface area contributed by atoms with Gasteiger partial charge >= 0.3 is 5.97 Å². The average molecular weight is 401 g/mol. The van der Waals surface area contributed by atoms with Crippen LogP contribution in [0.2, 0.25) is 0 Å². The van der Waals surface area contributed by atoms with Gasteiger partial charge in [0.25, 0.3) is 0 Å². The van der Waals surface area contributed by atoms with Crippen molar-refractivity contribution < 1.29 is 18.5 Å². The lowest BCUT2D eigenvalue weighted by molar-refractivity contribution is -0.136. The highest BCUT2D eigenvalue weighted by Crippen LogP contribution is 2.39. The van der Waals surface area contributed by atoms with E-state index in [9.17, 15) is 13.4 Å². The molecule has 0 amide bonds. The predicted octanol–water partition coefficient (Wildman–Crippen LogP) is 5.78. The van der Waals surface area contributed by atoms with Crippen molar-refractivity contribution >= 4 is 34.0 Å². The minimum absolute atomic E-state index is 0.00603. The first-order valence-corrected chi connectivity index (χ1v) is 10.8. The Bertz CT molecular complexity index is 927. The van der Waals surface area contributed by atoms with Crippen molar-refractivity contribution in [3.8, 4) is 0 Å². The highest BCUT2D eigenvalue weighted by molar-refractivity contribution is 7.84. The van der Waals surface area contributed by atoms with Crippen molar-refractivity contribution in [2.45, 2.75) is 38.0 Å². The van der Waals surface area contributed by atoms with Crippen molar-refractivity contribution in [1.29, 1.82) is 0 Å². The topological polar surface area (TPSA) is 54.4 Å². The lowest BCUT2D eigenvalue weighted by atomic mass is 10.0. The molecule has 0 saturated carbocycles. The normalized spacial score (nSPS) is 14.7. The Morgan fingerprint density at radius 2 is 1.75 bits per heavy atom. The van der Waals surface area contributed by atoms with Crippen molar-refractivity contribution in [3.63, 3.8) is 0 Å². The molecule has 1 aliphatic carbocycles. The fourth-order valence-electron chi connectivity index (χ4n) is 2.88. The van der Waals surface area contributed by atoms with Gasteiger partial charge in [0.05, 0.1) is 0 Å². The third-order valence-electron chi connectivity index (χ3n) is 4.11. The zero-order valence-corrected chi connectivity index (χ0v) is 17.2. The van der Waals surface area contributed by atoms with Gasteiger partial charge in [-0.1, -0.05) is 44.5 Å². The second-order valence-corrected chi connectivity index (χ2v) is 7.96. The number of aliphatic carboxylic acids is 1. The molecule has 1 unspecified atom stereocenters. The van der Waals surface area contributed by atoms with Crippen LogP contribution in [0.25, 0.3) is 17.2 Å². The first-order chi connectivity index (χ1) is 13.3. The summed E-state index contributed by atoms with van der Waals surface area (Å²) < 4.78 is 25.1. The lowest BCUT2D eigenvalue weighted by Crippen LogP contribution is -1.95. The molecule has 3 nitrogen and oxygen atoms in total. The minimum atomic E-state index is -1.02. The quantitative estimate of drug-likeness (QED) is 0.692. The van der Waals surface area contributed by atoms with Gasteiger partial charge in [-0.25, -0.2) is 4.39 Å². The van der Waals surface area contributed by atoms with E-state index in [0.29, 0.717) is 6.42 Å². The van der Waals surface area contributed by atoms with Gasteiger partial charge in [-0.3, -0.25) is 9.00 Å². The smallest absolute Gasteiger partial charge is 0.303 e. The summed E-state index contributed by atoms with van der Waals surface area (Å²) in [5, 5.41) is 8.91. The molecule has 0 bridgehead atoms. The minimum Gasteiger partial charge on any atom is -0.481 e. The Kier molecular flexibility index (Phi) is 7.88. The number of benzene rings is 2. The van der Waals surface area contributed by atoms with E-state index in [2.05, 4.69) is 13.8 Å². The Morgan fingerprint density at radius 1 is 1.11 bits per heavy atom. The van der Waals surface area contributed by atoms with Gasteiger partial charge < -0.3 is 5.11 Å². The summed E-state index contributed by atoms with van der Waals surface area (Å²) >= 11 is 0. The maximum atomic E-state index is 13.6.